The van der Waals surface area contributed by atoms with Gasteiger partial charge in [0.05, 0.1) is 10.2 Å². The largest absolute Gasteiger partial charge is 0.458 e. The molecule has 164 valence electrons. The molecule has 0 radical (unpaired) electrons. The predicted octanol–water partition coefficient (Wildman–Crippen LogP) is 5.63. The van der Waals surface area contributed by atoms with E-state index in [0.717, 1.165) is 25.1 Å². The second-order valence-electron chi connectivity index (χ2n) is 9.28. The second-order valence-corrected chi connectivity index (χ2v) is 10.4. The van der Waals surface area contributed by atoms with E-state index in [1.165, 1.54) is 27.7 Å². The zero-order valence-electron chi connectivity index (χ0n) is 18.5. The number of benzene rings is 1. The van der Waals surface area contributed by atoms with E-state index in [4.69, 9.17) is 14.6 Å². The minimum absolute atomic E-state index is 0.0460. The number of halogens is 1. The van der Waals surface area contributed by atoms with Crippen LogP contribution in [0, 0.1) is 22.3 Å². The molecule has 0 aliphatic heterocycles. The molecule has 0 N–H and O–H groups in total. The van der Waals surface area contributed by atoms with Gasteiger partial charge in [-0.2, -0.15) is 5.10 Å². The molecular weight excluding hydrogens is 491 g/mol. The fourth-order valence-electron chi connectivity index (χ4n) is 3.99. The Balaban J connectivity index is 1.46. The molecule has 0 unspecified atom stereocenters. The van der Waals surface area contributed by atoms with Gasteiger partial charge in [-0.05, 0) is 87.8 Å². The minimum Gasteiger partial charge on any atom is -0.458 e. The molecule has 1 aliphatic carbocycles. The van der Waals surface area contributed by atoms with E-state index in [-0.39, 0.29) is 12.6 Å². The molecule has 0 atom stereocenters. The van der Waals surface area contributed by atoms with Crippen LogP contribution in [0.4, 0.5) is 0 Å². The summed E-state index contributed by atoms with van der Waals surface area (Å²) in [6.07, 6.45) is 4.64. The first-order valence-corrected chi connectivity index (χ1v) is 11.9. The van der Waals surface area contributed by atoms with E-state index < -0.39 is 5.60 Å². The van der Waals surface area contributed by atoms with Crippen LogP contribution in [0.25, 0.3) is 11.3 Å². The average Bonchev–Trinajstić information content (AvgIpc) is 2.97. The van der Waals surface area contributed by atoms with E-state index in [1.54, 1.807) is 0 Å². The zero-order valence-corrected chi connectivity index (χ0v) is 20.6. The molecule has 0 spiro atoms. The fraction of sp³-hybridized carbons (Fsp3) is 0.583. The van der Waals surface area contributed by atoms with Gasteiger partial charge in [0.1, 0.15) is 17.9 Å². The number of carbonyl (C=O) groups excluding carboxylic acids is 1. The van der Waals surface area contributed by atoms with Crippen molar-refractivity contribution in [2.24, 2.45) is 11.8 Å². The third-order valence-corrected chi connectivity index (χ3v) is 6.86. The van der Waals surface area contributed by atoms with Crippen molar-refractivity contribution >= 4 is 28.6 Å². The zero-order chi connectivity index (χ0) is 21.7. The monoisotopic (exact) mass is 524 g/mol. The summed E-state index contributed by atoms with van der Waals surface area (Å²) in [4.78, 5) is 11.8. The first kappa shape index (κ1) is 23.3. The fourth-order valence-corrected chi connectivity index (χ4v) is 4.69. The van der Waals surface area contributed by atoms with Gasteiger partial charge >= 0.3 is 5.97 Å². The normalized spacial score (nSPS) is 19.6. The molecule has 1 aromatic carbocycles. The first-order chi connectivity index (χ1) is 14.2. The highest BCUT2D eigenvalue weighted by Gasteiger charge is 2.24. The highest BCUT2D eigenvalue weighted by molar-refractivity contribution is 14.1. The Bertz CT molecular complexity index is 834. The summed E-state index contributed by atoms with van der Waals surface area (Å²) in [5.41, 5.74) is 3.05. The smallest absolute Gasteiger partial charge is 0.332 e. The van der Waals surface area contributed by atoms with Gasteiger partial charge in [0, 0.05) is 17.8 Å². The quantitative estimate of drug-likeness (QED) is 0.348. The molecule has 0 bridgehead atoms. The van der Waals surface area contributed by atoms with Crippen LogP contribution in [0.3, 0.4) is 0 Å². The Labute approximate surface area is 193 Å². The number of hydrogen-bond donors (Lipinski definition) is 0. The Kier molecular flexibility index (Phi) is 7.96. The standard InChI is InChI=1S/C24H33IN2O3/c1-17-22(25)23(20-8-6-5-7-9-20)26-27(17)14-18-10-12-19(13-11-18)15-29-16-21(28)30-24(2,3)4/h5-9,18-19H,10-16H2,1-4H3. The van der Waals surface area contributed by atoms with Crippen molar-refractivity contribution < 1.29 is 14.3 Å². The SMILES string of the molecule is Cc1c(I)c(-c2ccccc2)nn1CC1CCC(COCC(=O)OC(C)(C)C)CC1. The van der Waals surface area contributed by atoms with Gasteiger partial charge in [-0.3, -0.25) is 4.68 Å². The predicted molar refractivity (Wildman–Crippen MR) is 127 cm³/mol. The van der Waals surface area contributed by atoms with Gasteiger partial charge in [-0.25, -0.2) is 4.79 Å². The molecule has 5 nitrogen and oxygen atoms in total. The maximum atomic E-state index is 11.8. The summed E-state index contributed by atoms with van der Waals surface area (Å²) in [7, 11) is 0. The van der Waals surface area contributed by atoms with Gasteiger partial charge in [-0.1, -0.05) is 30.3 Å². The Morgan fingerprint density at radius 1 is 1.13 bits per heavy atom. The van der Waals surface area contributed by atoms with Crippen LogP contribution in [0.5, 0.6) is 0 Å². The van der Waals surface area contributed by atoms with E-state index in [9.17, 15) is 4.79 Å². The lowest BCUT2D eigenvalue weighted by Gasteiger charge is -2.28. The number of aromatic nitrogens is 2. The summed E-state index contributed by atoms with van der Waals surface area (Å²) in [5.74, 6) is 0.890. The van der Waals surface area contributed by atoms with Crippen molar-refractivity contribution in [2.75, 3.05) is 13.2 Å². The van der Waals surface area contributed by atoms with Crippen molar-refractivity contribution in [1.82, 2.24) is 9.78 Å². The molecule has 0 saturated heterocycles. The topological polar surface area (TPSA) is 53.4 Å². The lowest BCUT2D eigenvalue weighted by molar-refractivity contribution is -0.160. The number of esters is 1. The summed E-state index contributed by atoms with van der Waals surface area (Å²) >= 11 is 2.42. The highest BCUT2D eigenvalue weighted by Crippen LogP contribution is 2.32. The van der Waals surface area contributed by atoms with Crippen LogP contribution >= 0.6 is 22.6 Å². The third kappa shape index (κ3) is 6.54. The van der Waals surface area contributed by atoms with Crippen LogP contribution < -0.4 is 0 Å². The van der Waals surface area contributed by atoms with Crippen LogP contribution in [0.2, 0.25) is 0 Å². The van der Waals surface area contributed by atoms with Crippen molar-refractivity contribution in [3.05, 3.63) is 39.6 Å². The summed E-state index contributed by atoms with van der Waals surface area (Å²) < 4.78 is 14.3. The molecule has 1 heterocycles. The molecule has 0 amide bonds. The third-order valence-electron chi connectivity index (χ3n) is 5.57. The minimum atomic E-state index is -0.457. The van der Waals surface area contributed by atoms with E-state index in [1.807, 2.05) is 26.8 Å². The Morgan fingerprint density at radius 3 is 2.40 bits per heavy atom. The van der Waals surface area contributed by atoms with Crippen molar-refractivity contribution in [1.29, 1.82) is 0 Å². The van der Waals surface area contributed by atoms with E-state index in [0.29, 0.717) is 18.4 Å². The summed E-state index contributed by atoms with van der Waals surface area (Å²) in [5, 5.41) is 4.92. The van der Waals surface area contributed by atoms with E-state index in [2.05, 4.69) is 58.5 Å². The number of nitrogens with zero attached hydrogens (tertiary/aromatic N) is 2. The molecule has 1 saturated carbocycles. The molecule has 6 heteroatoms. The molecule has 1 fully saturated rings. The van der Waals surface area contributed by atoms with Crippen LogP contribution in [-0.2, 0) is 20.8 Å². The number of carbonyl (C=O) groups is 1. The highest BCUT2D eigenvalue weighted by atomic mass is 127. The van der Waals surface area contributed by atoms with Crippen molar-refractivity contribution in [3.63, 3.8) is 0 Å². The Hall–Kier alpha value is -1.41. The number of rotatable bonds is 7. The Morgan fingerprint density at radius 2 is 1.77 bits per heavy atom. The lowest BCUT2D eigenvalue weighted by atomic mass is 9.82. The summed E-state index contributed by atoms with van der Waals surface area (Å²) in [6.45, 7) is 9.44. The van der Waals surface area contributed by atoms with Gasteiger partial charge in [0.15, 0.2) is 0 Å². The molecule has 1 aromatic heterocycles. The van der Waals surface area contributed by atoms with Crippen LogP contribution in [0.1, 0.15) is 52.1 Å². The summed E-state index contributed by atoms with van der Waals surface area (Å²) in [6, 6.07) is 10.4. The van der Waals surface area contributed by atoms with Gasteiger partial charge in [0.2, 0.25) is 0 Å². The maximum absolute atomic E-state index is 11.8. The van der Waals surface area contributed by atoms with Gasteiger partial charge in [-0.15, -0.1) is 0 Å². The molecule has 30 heavy (non-hydrogen) atoms. The van der Waals surface area contributed by atoms with Crippen molar-refractivity contribution in [3.8, 4) is 11.3 Å². The number of ether oxygens (including phenoxy) is 2. The van der Waals surface area contributed by atoms with Gasteiger partial charge in [0.25, 0.3) is 0 Å². The van der Waals surface area contributed by atoms with Crippen LogP contribution in [-0.4, -0.2) is 34.6 Å². The van der Waals surface area contributed by atoms with Gasteiger partial charge < -0.3 is 9.47 Å². The lowest BCUT2D eigenvalue weighted by Crippen LogP contribution is -2.28. The van der Waals surface area contributed by atoms with Crippen LogP contribution in [0.15, 0.2) is 30.3 Å². The molecule has 1 aliphatic rings. The first-order valence-electron chi connectivity index (χ1n) is 10.8. The molecular formula is C24H33IN2O3. The van der Waals surface area contributed by atoms with E-state index >= 15 is 0 Å². The number of hydrogen-bond acceptors (Lipinski definition) is 4. The van der Waals surface area contributed by atoms with Crippen molar-refractivity contribution in [2.45, 2.75) is 65.5 Å². The maximum Gasteiger partial charge on any atom is 0.332 e. The molecule has 3 rings (SSSR count). The second kappa shape index (κ2) is 10.3. The molecule has 2 aromatic rings. The average molecular weight is 524 g/mol.